The van der Waals surface area contributed by atoms with Gasteiger partial charge in [0, 0.05) is 12.1 Å². The number of nitrogens with zero attached hydrogens (tertiary/aromatic N) is 1. The zero-order valence-corrected chi connectivity index (χ0v) is 15.0. The summed E-state index contributed by atoms with van der Waals surface area (Å²) in [5.41, 5.74) is 3.07. The number of aromatic nitrogens is 1. The van der Waals surface area contributed by atoms with Gasteiger partial charge in [-0.15, -0.1) is 0 Å². The molecule has 2 aromatic rings. The lowest BCUT2D eigenvalue weighted by molar-refractivity contribution is -0.116. The summed E-state index contributed by atoms with van der Waals surface area (Å²) in [6, 6.07) is 12.0. The number of anilines is 3. The summed E-state index contributed by atoms with van der Waals surface area (Å²) in [5.74, 6) is 0.802. The SMILES string of the molecule is CCCCC(=O)Nc1ccc(Nc2ccccc2C(C)(C)C)nc1. The molecular weight excluding hydrogens is 298 g/mol. The van der Waals surface area contributed by atoms with Crippen molar-refractivity contribution >= 4 is 23.1 Å². The molecule has 0 bridgehead atoms. The molecule has 1 amide bonds. The smallest absolute Gasteiger partial charge is 0.224 e. The summed E-state index contributed by atoms with van der Waals surface area (Å²) in [4.78, 5) is 16.2. The minimum absolute atomic E-state index is 0.0393. The summed E-state index contributed by atoms with van der Waals surface area (Å²) in [5, 5.41) is 6.24. The topological polar surface area (TPSA) is 54.0 Å². The van der Waals surface area contributed by atoms with Crippen molar-refractivity contribution in [2.24, 2.45) is 0 Å². The Labute approximate surface area is 144 Å². The molecule has 0 saturated carbocycles. The number of nitrogens with one attached hydrogen (secondary N) is 2. The number of para-hydroxylation sites is 1. The molecule has 4 nitrogen and oxygen atoms in total. The van der Waals surface area contributed by atoms with Gasteiger partial charge in [0.25, 0.3) is 0 Å². The zero-order chi connectivity index (χ0) is 17.6. The third kappa shape index (κ3) is 5.08. The number of pyridine rings is 1. The van der Waals surface area contributed by atoms with Gasteiger partial charge in [0.1, 0.15) is 5.82 Å². The maximum atomic E-state index is 11.7. The van der Waals surface area contributed by atoms with E-state index in [0.29, 0.717) is 6.42 Å². The Kier molecular flexibility index (Phi) is 5.96. The molecule has 0 aliphatic carbocycles. The molecule has 1 aromatic carbocycles. The molecule has 1 aromatic heterocycles. The number of amides is 1. The van der Waals surface area contributed by atoms with Crippen LogP contribution in [0.2, 0.25) is 0 Å². The van der Waals surface area contributed by atoms with E-state index in [0.717, 1.165) is 30.0 Å². The number of rotatable bonds is 6. The van der Waals surface area contributed by atoms with Gasteiger partial charge in [-0.05, 0) is 35.6 Å². The first-order valence-electron chi connectivity index (χ1n) is 8.52. The average Bonchev–Trinajstić information content (AvgIpc) is 2.54. The van der Waals surface area contributed by atoms with E-state index in [1.165, 1.54) is 5.56 Å². The summed E-state index contributed by atoms with van der Waals surface area (Å²) >= 11 is 0. The Balaban J connectivity index is 2.06. The first kappa shape index (κ1) is 18.0. The monoisotopic (exact) mass is 325 g/mol. The summed E-state index contributed by atoms with van der Waals surface area (Å²) in [6.45, 7) is 8.65. The molecule has 0 saturated heterocycles. The Hall–Kier alpha value is -2.36. The molecule has 0 fully saturated rings. The molecule has 0 aliphatic heterocycles. The number of carbonyl (C=O) groups is 1. The maximum Gasteiger partial charge on any atom is 0.224 e. The Morgan fingerprint density at radius 2 is 1.88 bits per heavy atom. The van der Waals surface area contributed by atoms with Crippen molar-refractivity contribution in [3.8, 4) is 0 Å². The second-order valence-electron chi connectivity index (χ2n) is 7.00. The van der Waals surface area contributed by atoms with Gasteiger partial charge in [-0.25, -0.2) is 4.98 Å². The van der Waals surface area contributed by atoms with E-state index in [9.17, 15) is 4.79 Å². The van der Waals surface area contributed by atoms with Gasteiger partial charge in [0.15, 0.2) is 0 Å². The van der Waals surface area contributed by atoms with Crippen molar-refractivity contribution in [1.29, 1.82) is 0 Å². The van der Waals surface area contributed by atoms with Crippen LogP contribution in [-0.4, -0.2) is 10.9 Å². The molecule has 4 heteroatoms. The van der Waals surface area contributed by atoms with Gasteiger partial charge in [-0.1, -0.05) is 52.3 Å². The van der Waals surface area contributed by atoms with Crippen LogP contribution in [0.15, 0.2) is 42.6 Å². The van der Waals surface area contributed by atoms with Gasteiger partial charge in [-0.2, -0.15) is 0 Å². The van der Waals surface area contributed by atoms with Gasteiger partial charge >= 0.3 is 0 Å². The average molecular weight is 325 g/mol. The summed E-state index contributed by atoms with van der Waals surface area (Å²) in [7, 11) is 0. The number of hydrogen-bond acceptors (Lipinski definition) is 3. The predicted molar refractivity (Wildman–Crippen MR) is 101 cm³/mol. The highest BCUT2D eigenvalue weighted by Crippen LogP contribution is 2.30. The molecule has 128 valence electrons. The standard InChI is InChI=1S/C20H27N3O/c1-5-6-11-19(24)22-15-12-13-18(21-14-15)23-17-10-8-7-9-16(17)20(2,3)4/h7-10,12-14H,5-6,11H2,1-4H3,(H,21,23)(H,22,24). The Morgan fingerprint density at radius 1 is 1.12 bits per heavy atom. The van der Waals surface area contributed by atoms with Crippen LogP contribution in [0.4, 0.5) is 17.2 Å². The van der Waals surface area contributed by atoms with Crippen molar-refractivity contribution in [1.82, 2.24) is 4.98 Å². The van der Waals surface area contributed by atoms with E-state index in [2.05, 4.69) is 55.4 Å². The summed E-state index contributed by atoms with van der Waals surface area (Å²) < 4.78 is 0. The zero-order valence-electron chi connectivity index (χ0n) is 15.0. The second kappa shape index (κ2) is 7.95. The summed E-state index contributed by atoms with van der Waals surface area (Å²) in [6.07, 6.45) is 4.16. The number of unbranched alkanes of at least 4 members (excludes halogenated alkanes) is 1. The molecule has 0 atom stereocenters. The van der Waals surface area contributed by atoms with Crippen molar-refractivity contribution < 1.29 is 4.79 Å². The normalized spacial score (nSPS) is 11.2. The highest BCUT2D eigenvalue weighted by Gasteiger charge is 2.17. The quantitative estimate of drug-likeness (QED) is 0.762. The molecule has 0 aliphatic rings. The minimum atomic E-state index is 0.0393. The highest BCUT2D eigenvalue weighted by atomic mass is 16.1. The lowest BCUT2D eigenvalue weighted by Gasteiger charge is -2.23. The first-order valence-corrected chi connectivity index (χ1v) is 8.52. The van der Waals surface area contributed by atoms with Crippen molar-refractivity contribution in [3.63, 3.8) is 0 Å². The maximum absolute atomic E-state index is 11.7. The number of benzene rings is 1. The largest absolute Gasteiger partial charge is 0.340 e. The van der Waals surface area contributed by atoms with E-state index >= 15 is 0 Å². The van der Waals surface area contributed by atoms with E-state index in [1.807, 2.05) is 24.3 Å². The fourth-order valence-electron chi connectivity index (χ4n) is 2.49. The van der Waals surface area contributed by atoms with Crippen LogP contribution in [0.3, 0.4) is 0 Å². The van der Waals surface area contributed by atoms with Gasteiger partial charge in [-0.3, -0.25) is 4.79 Å². The number of hydrogen-bond donors (Lipinski definition) is 2. The Morgan fingerprint density at radius 3 is 2.50 bits per heavy atom. The van der Waals surface area contributed by atoms with Crippen molar-refractivity contribution in [2.75, 3.05) is 10.6 Å². The fourth-order valence-corrected chi connectivity index (χ4v) is 2.49. The van der Waals surface area contributed by atoms with Crippen LogP contribution >= 0.6 is 0 Å². The molecule has 2 N–H and O–H groups in total. The van der Waals surface area contributed by atoms with Gasteiger partial charge in [0.2, 0.25) is 5.91 Å². The van der Waals surface area contributed by atoms with E-state index < -0.39 is 0 Å². The van der Waals surface area contributed by atoms with Crippen LogP contribution in [-0.2, 0) is 10.2 Å². The van der Waals surface area contributed by atoms with Crippen molar-refractivity contribution in [2.45, 2.75) is 52.4 Å². The lowest BCUT2D eigenvalue weighted by Crippen LogP contribution is -2.14. The van der Waals surface area contributed by atoms with Crippen LogP contribution < -0.4 is 10.6 Å². The second-order valence-corrected chi connectivity index (χ2v) is 7.00. The van der Waals surface area contributed by atoms with Crippen molar-refractivity contribution in [3.05, 3.63) is 48.2 Å². The van der Waals surface area contributed by atoms with E-state index in [1.54, 1.807) is 6.20 Å². The van der Waals surface area contributed by atoms with Crippen LogP contribution in [0, 0.1) is 0 Å². The van der Waals surface area contributed by atoms with E-state index in [-0.39, 0.29) is 11.3 Å². The third-order valence-corrected chi connectivity index (χ3v) is 3.80. The highest BCUT2D eigenvalue weighted by molar-refractivity contribution is 5.90. The lowest BCUT2D eigenvalue weighted by atomic mass is 9.86. The molecule has 0 radical (unpaired) electrons. The molecule has 24 heavy (non-hydrogen) atoms. The Bertz CT molecular complexity index is 672. The molecule has 1 heterocycles. The van der Waals surface area contributed by atoms with E-state index in [4.69, 9.17) is 0 Å². The third-order valence-electron chi connectivity index (χ3n) is 3.80. The van der Waals surface area contributed by atoms with Crippen LogP contribution in [0.5, 0.6) is 0 Å². The van der Waals surface area contributed by atoms with Gasteiger partial charge in [0.05, 0.1) is 11.9 Å². The van der Waals surface area contributed by atoms with Crippen LogP contribution in [0.1, 0.15) is 52.5 Å². The molecular formula is C20H27N3O. The molecule has 2 rings (SSSR count). The first-order chi connectivity index (χ1) is 11.4. The minimum Gasteiger partial charge on any atom is -0.340 e. The molecule has 0 unspecified atom stereocenters. The predicted octanol–water partition coefficient (Wildman–Crippen LogP) is 5.25. The van der Waals surface area contributed by atoms with Gasteiger partial charge < -0.3 is 10.6 Å². The fraction of sp³-hybridized carbons (Fsp3) is 0.400. The number of carbonyl (C=O) groups excluding carboxylic acids is 1. The molecule has 0 spiro atoms. The van der Waals surface area contributed by atoms with Crippen LogP contribution in [0.25, 0.3) is 0 Å².